The summed E-state index contributed by atoms with van der Waals surface area (Å²) in [5.74, 6) is 1.60. The molecule has 0 bridgehead atoms. The van der Waals surface area contributed by atoms with Gasteiger partial charge in [0.1, 0.15) is 0 Å². The molecule has 0 spiro atoms. The first kappa shape index (κ1) is 20.7. The van der Waals surface area contributed by atoms with Gasteiger partial charge in [-0.25, -0.2) is 4.98 Å². The molecule has 8 heteroatoms. The van der Waals surface area contributed by atoms with Crippen LogP contribution in [-0.2, 0) is 11.3 Å². The number of carbonyl (C=O) groups excluding carboxylic acids is 1. The molecule has 2 N–H and O–H groups in total. The number of imidazole rings is 1. The van der Waals surface area contributed by atoms with E-state index >= 15 is 0 Å². The second kappa shape index (κ2) is 11.3. The smallest absolute Gasteiger partial charge is 0.220 e. The molecule has 1 saturated heterocycles. The molecule has 7 nitrogen and oxygen atoms in total. The van der Waals surface area contributed by atoms with E-state index in [-0.39, 0.29) is 29.9 Å². The van der Waals surface area contributed by atoms with Gasteiger partial charge in [-0.3, -0.25) is 9.79 Å². The minimum absolute atomic E-state index is 0. The third-order valence-corrected chi connectivity index (χ3v) is 4.31. The van der Waals surface area contributed by atoms with Gasteiger partial charge in [-0.05, 0) is 25.2 Å². The molecular weight excluding hydrogens is 419 g/mol. The van der Waals surface area contributed by atoms with Gasteiger partial charge in [0.2, 0.25) is 5.91 Å². The van der Waals surface area contributed by atoms with Crippen LogP contribution in [0.25, 0.3) is 0 Å². The molecule has 0 aliphatic carbocycles. The predicted octanol–water partition coefficient (Wildman–Crippen LogP) is 1.31. The summed E-state index contributed by atoms with van der Waals surface area (Å²) in [6.07, 6.45) is 9.38. The first-order valence-electron chi connectivity index (χ1n) is 8.35. The van der Waals surface area contributed by atoms with Crippen molar-refractivity contribution in [2.45, 2.75) is 32.2 Å². The Bertz CT molecular complexity index is 497. The van der Waals surface area contributed by atoms with Crippen molar-refractivity contribution in [2.24, 2.45) is 10.9 Å². The molecular formula is C16H29IN6O. The topological polar surface area (TPSA) is 74.5 Å². The maximum absolute atomic E-state index is 11.5. The molecule has 2 heterocycles. The molecule has 1 aromatic heterocycles. The molecule has 1 amide bonds. The Balaban J connectivity index is 0.00000288. The van der Waals surface area contributed by atoms with Gasteiger partial charge in [0.15, 0.2) is 5.96 Å². The third kappa shape index (κ3) is 6.66. The highest BCUT2D eigenvalue weighted by Gasteiger charge is 2.22. The molecule has 1 aliphatic rings. The lowest BCUT2D eigenvalue weighted by Gasteiger charge is -2.34. The third-order valence-electron chi connectivity index (χ3n) is 4.31. The number of hydrogen-bond donors (Lipinski definition) is 2. The number of halogens is 1. The monoisotopic (exact) mass is 448 g/mol. The quantitative estimate of drug-likeness (QED) is 0.298. The van der Waals surface area contributed by atoms with E-state index in [1.165, 1.54) is 0 Å². The first-order chi connectivity index (χ1) is 11.2. The van der Waals surface area contributed by atoms with Crippen molar-refractivity contribution >= 4 is 35.8 Å². The SMILES string of the molecule is CN=C(NCCCn1ccnc1)N1CCC(CC(=O)NC)CC1.I. The van der Waals surface area contributed by atoms with Crippen LogP contribution in [0.5, 0.6) is 0 Å². The number of aromatic nitrogens is 2. The van der Waals surface area contributed by atoms with Gasteiger partial charge in [-0.1, -0.05) is 0 Å². The van der Waals surface area contributed by atoms with Crippen LogP contribution < -0.4 is 10.6 Å². The first-order valence-corrected chi connectivity index (χ1v) is 8.35. The standard InChI is InChI=1S/C16H28N6O.HI/c1-17-15(23)12-14-4-9-22(10-5-14)16(18-2)20-6-3-8-21-11-7-19-13-21;/h7,11,13-14H,3-6,8-10,12H2,1-2H3,(H,17,23)(H,18,20);1H. The fraction of sp³-hybridized carbons (Fsp3) is 0.688. The van der Waals surface area contributed by atoms with Crippen LogP contribution in [0.3, 0.4) is 0 Å². The van der Waals surface area contributed by atoms with E-state index in [2.05, 4.69) is 30.1 Å². The number of nitrogens with one attached hydrogen (secondary N) is 2. The lowest BCUT2D eigenvalue weighted by Crippen LogP contribution is -2.46. The largest absolute Gasteiger partial charge is 0.359 e. The zero-order chi connectivity index (χ0) is 16.5. The fourth-order valence-corrected chi connectivity index (χ4v) is 2.93. The van der Waals surface area contributed by atoms with Gasteiger partial charge in [0.25, 0.3) is 0 Å². The van der Waals surface area contributed by atoms with Crippen molar-refractivity contribution < 1.29 is 4.79 Å². The second-order valence-corrected chi connectivity index (χ2v) is 5.94. The Morgan fingerprint density at radius 3 is 2.71 bits per heavy atom. The predicted molar refractivity (Wildman–Crippen MR) is 107 cm³/mol. The van der Waals surface area contributed by atoms with E-state index < -0.39 is 0 Å². The molecule has 0 aromatic carbocycles. The average molecular weight is 448 g/mol. The van der Waals surface area contributed by atoms with Crippen LogP contribution in [0.1, 0.15) is 25.7 Å². The Hall–Kier alpha value is -1.32. The van der Waals surface area contributed by atoms with Crippen molar-refractivity contribution in [1.29, 1.82) is 0 Å². The summed E-state index contributed by atoms with van der Waals surface area (Å²) in [4.78, 5) is 22.2. The van der Waals surface area contributed by atoms with E-state index in [0.29, 0.717) is 12.3 Å². The zero-order valence-electron chi connectivity index (χ0n) is 14.6. The summed E-state index contributed by atoms with van der Waals surface area (Å²) in [6.45, 7) is 3.77. The Labute approximate surface area is 161 Å². The molecule has 1 aromatic rings. The zero-order valence-corrected chi connectivity index (χ0v) is 16.9. The molecule has 2 rings (SSSR count). The van der Waals surface area contributed by atoms with Crippen LogP contribution in [0.15, 0.2) is 23.7 Å². The summed E-state index contributed by atoms with van der Waals surface area (Å²) >= 11 is 0. The Morgan fingerprint density at radius 1 is 1.38 bits per heavy atom. The normalized spacial score (nSPS) is 15.8. The number of likely N-dealkylation sites (tertiary alicyclic amines) is 1. The van der Waals surface area contributed by atoms with E-state index in [4.69, 9.17) is 0 Å². The molecule has 0 unspecified atom stereocenters. The summed E-state index contributed by atoms with van der Waals surface area (Å²) in [6, 6.07) is 0. The molecule has 136 valence electrons. The van der Waals surface area contributed by atoms with Crippen LogP contribution >= 0.6 is 24.0 Å². The van der Waals surface area contributed by atoms with Crippen molar-refractivity contribution in [1.82, 2.24) is 25.1 Å². The van der Waals surface area contributed by atoms with Gasteiger partial charge < -0.3 is 20.1 Å². The van der Waals surface area contributed by atoms with E-state index in [1.807, 2.05) is 19.6 Å². The van der Waals surface area contributed by atoms with Crippen molar-refractivity contribution in [3.63, 3.8) is 0 Å². The number of rotatable bonds is 6. The van der Waals surface area contributed by atoms with Gasteiger partial charge in [0, 0.05) is 59.1 Å². The number of aliphatic imine (C=N–C) groups is 1. The minimum atomic E-state index is 0. The van der Waals surface area contributed by atoms with Gasteiger partial charge >= 0.3 is 0 Å². The number of hydrogen-bond acceptors (Lipinski definition) is 3. The van der Waals surface area contributed by atoms with E-state index in [0.717, 1.165) is 51.4 Å². The number of carbonyl (C=O) groups is 1. The van der Waals surface area contributed by atoms with Gasteiger partial charge in [0.05, 0.1) is 6.33 Å². The van der Waals surface area contributed by atoms with Gasteiger partial charge in [-0.2, -0.15) is 0 Å². The van der Waals surface area contributed by atoms with E-state index in [9.17, 15) is 4.79 Å². The van der Waals surface area contributed by atoms with Crippen LogP contribution in [0, 0.1) is 5.92 Å². The lowest BCUT2D eigenvalue weighted by atomic mass is 9.93. The molecule has 0 saturated carbocycles. The van der Waals surface area contributed by atoms with Crippen LogP contribution in [0.2, 0.25) is 0 Å². The Kier molecular flexibility index (Phi) is 9.73. The summed E-state index contributed by atoms with van der Waals surface area (Å²) in [5.41, 5.74) is 0. The lowest BCUT2D eigenvalue weighted by molar-refractivity contribution is -0.121. The number of piperidine rings is 1. The fourth-order valence-electron chi connectivity index (χ4n) is 2.93. The molecule has 0 radical (unpaired) electrons. The highest BCUT2D eigenvalue weighted by atomic mass is 127. The number of aryl methyl sites for hydroxylation is 1. The molecule has 0 atom stereocenters. The van der Waals surface area contributed by atoms with E-state index in [1.54, 1.807) is 13.2 Å². The van der Waals surface area contributed by atoms with Gasteiger partial charge in [-0.15, -0.1) is 24.0 Å². The van der Waals surface area contributed by atoms with Crippen molar-refractivity contribution in [2.75, 3.05) is 33.7 Å². The summed E-state index contributed by atoms with van der Waals surface area (Å²) in [7, 11) is 3.53. The summed E-state index contributed by atoms with van der Waals surface area (Å²) < 4.78 is 2.08. The molecule has 24 heavy (non-hydrogen) atoms. The maximum Gasteiger partial charge on any atom is 0.220 e. The minimum Gasteiger partial charge on any atom is -0.359 e. The highest BCUT2D eigenvalue weighted by molar-refractivity contribution is 14.0. The molecule has 1 aliphatic heterocycles. The van der Waals surface area contributed by atoms with Crippen molar-refractivity contribution in [3.05, 3.63) is 18.7 Å². The van der Waals surface area contributed by atoms with Crippen molar-refractivity contribution in [3.8, 4) is 0 Å². The highest BCUT2D eigenvalue weighted by Crippen LogP contribution is 2.20. The summed E-state index contributed by atoms with van der Waals surface area (Å²) in [5, 5.41) is 6.14. The molecule has 1 fully saturated rings. The number of nitrogens with zero attached hydrogens (tertiary/aromatic N) is 4. The Morgan fingerprint density at radius 2 is 2.12 bits per heavy atom. The number of amides is 1. The average Bonchev–Trinajstić information content (AvgIpc) is 3.09. The number of guanidine groups is 1. The van der Waals surface area contributed by atoms with Crippen LogP contribution in [-0.4, -0.2) is 60.0 Å². The van der Waals surface area contributed by atoms with Crippen LogP contribution in [0.4, 0.5) is 0 Å². The maximum atomic E-state index is 11.5. The second-order valence-electron chi connectivity index (χ2n) is 5.94.